The molecule has 0 aromatic heterocycles. The Morgan fingerprint density at radius 1 is 0.533 bits per heavy atom. The van der Waals surface area contributed by atoms with Crippen LogP contribution in [0.15, 0.2) is 60.8 Å². The maximum absolute atomic E-state index is 12.3. The van der Waals surface area contributed by atoms with E-state index in [0.29, 0.717) is 6.42 Å². The average Bonchev–Trinajstić information content (AvgIpc) is 3.04. The standard InChI is InChI=1S/C41H73NO3/c1-3-5-7-9-11-13-15-17-19-20-21-22-23-25-27-29-31-33-35-37-41(45)42-39(38-43)40(44)36-34-32-30-28-26-24-18-16-14-12-10-8-6-4-2/h11,13-14,16-17,19,26,28,34,36,39-40,43-44H,3-10,12,15,18,20-25,27,29-33,35,37-38H2,1-2H3,(H,42,45)/b13-11-,16-14+,19-17-,28-26+,36-34+. The van der Waals surface area contributed by atoms with Crippen LogP contribution in [-0.4, -0.2) is 34.9 Å². The van der Waals surface area contributed by atoms with Crippen molar-refractivity contribution >= 4 is 5.91 Å². The molecule has 2 unspecified atom stereocenters. The zero-order valence-corrected chi connectivity index (χ0v) is 29.6. The second kappa shape index (κ2) is 36.6. The van der Waals surface area contributed by atoms with Gasteiger partial charge < -0.3 is 15.5 Å². The molecule has 0 rings (SSSR count). The number of carbonyl (C=O) groups is 1. The van der Waals surface area contributed by atoms with Crippen LogP contribution in [0.25, 0.3) is 0 Å². The van der Waals surface area contributed by atoms with Gasteiger partial charge in [0, 0.05) is 6.42 Å². The smallest absolute Gasteiger partial charge is 0.220 e. The van der Waals surface area contributed by atoms with Gasteiger partial charge in [-0.25, -0.2) is 0 Å². The first-order valence-corrected chi connectivity index (χ1v) is 19.0. The summed E-state index contributed by atoms with van der Waals surface area (Å²) in [6, 6.07) is -0.647. The van der Waals surface area contributed by atoms with Gasteiger partial charge in [0.1, 0.15) is 0 Å². The summed E-state index contributed by atoms with van der Waals surface area (Å²) in [5.74, 6) is -0.0866. The molecule has 2 atom stereocenters. The molecule has 45 heavy (non-hydrogen) atoms. The van der Waals surface area contributed by atoms with Crippen LogP contribution in [0, 0.1) is 0 Å². The summed E-state index contributed by atoms with van der Waals surface area (Å²) in [6.45, 7) is 4.23. The Morgan fingerprint density at radius 2 is 0.933 bits per heavy atom. The molecule has 0 aromatic carbocycles. The molecule has 0 aliphatic heterocycles. The van der Waals surface area contributed by atoms with E-state index in [2.05, 4.69) is 67.8 Å². The largest absolute Gasteiger partial charge is 0.394 e. The molecule has 4 heteroatoms. The van der Waals surface area contributed by atoms with E-state index < -0.39 is 12.1 Å². The monoisotopic (exact) mass is 628 g/mol. The van der Waals surface area contributed by atoms with Crippen molar-refractivity contribution in [2.45, 2.75) is 187 Å². The summed E-state index contributed by atoms with van der Waals surface area (Å²) < 4.78 is 0. The van der Waals surface area contributed by atoms with Gasteiger partial charge in [-0.15, -0.1) is 0 Å². The third kappa shape index (κ3) is 33.3. The fraction of sp³-hybridized carbons (Fsp3) is 0.732. The molecule has 0 aromatic rings. The van der Waals surface area contributed by atoms with E-state index in [1.807, 2.05) is 6.08 Å². The van der Waals surface area contributed by atoms with Crippen LogP contribution in [0.3, 0.4) is 0 Å². The van der Waals surface area contributed by atoms with Crippen molar-refractivity contribution in [1.82, 2.24) is 5.32 Å². The Hall–Kier alpha value is -1.91. The molecule has 260 valence electrons. The predicted molar refractivity (Wildman–Crippen MR) is 197 cm³/mol. The molecular weight excluding hydrogens is 554 g/mol. The normalized spacial score (nSPS) is 13.8. The Balaban J connectivity index is 3.69. The molecule has 1 amide bonds. The topological polar surface area (TPSA) is 69.6 Å². The first-order chi connectivity index (χ1) is 22.2. The lowest BCUT2D eigenvalue weighted by Gasteiger charge is -2.19. The summed E-state index contributed by atoms with van der Waals surface area (Å²) in [7, 11) is 0. The molecule has 3 N–H and O–H groups in total. The van der Waals surface area contributed by atoms with E-state index in [1.165, 1.54) is 109 Å². The number of rotatable bonds is 33. The van der Waals surface area contributed by atoms with Gasteiger partial charge in [-0.2, -0.15) is 0 Å². The molecule has 4 nitrogen and oxygen atoms in total. The van der Waals surface area contributed by atoms with Crippen LogP contribution in [-0.2, 0) is 4.79 Å². The number of carbonyl (C=O) groups excluding carboxylic acids is 1. The van der Waals surface area contributed by atoms with Crippen molar-refractivity contribution in [3.8, 4) is 0 Å². The maximum atomic E-state index is 12.3. The number of unbranched alkanes of at least 4 members (excludes halogenated alkanes) is 18. The van der Waals surface area contributed by atoms with Crippen molar-refractivity contribution in [3.63, 3.8) is 0 Å². The van der Waals surface area contributed by atoms with Crippen molar-refractivity contribution in [3.05, 3.63) is 60.8 Å². The van der Waals surface area contributed by atoms with Crippen LogP contribution in [0.2, 0.25) is 0 Å². The highest BCUT2D eigenvalue weighted by molar-refractivity contribution is 5.76. The molecule has 0 fully saturated rings. The van der Waals surface area contributed by atoms with Gasteiger partial charge in [-0.3, -0.25) is 4.79 Å². The van der Waals surface area contributed by atoms with Crippen molar-refractivity contribution in [2.24, 2.45) is 0 Å². The Kier molecular flexibility index (Phi) is 35.0. The van der Waals surface area contributed by atoms with Crippen molar-refractivity contribution < 1.29 is 15.0 Å². The summed E-state index contributed by atoms with van der Waals surface area (Å²) in [6.07, 6.45) is 50.2. The van der Waals surface area contributed by atoms with Gasteiger partial charge in [-0.1, -0.05) is 152 Å². The molecule has 0 aliphatic rings. The minimum absolute atomic E-state index is 0.0866. The Bertz CT molecular complexity index is 767. The maximum Gasteiger partial charge on any atom is 0.220 e. The minimum atomic E-state index is -0.872. The van der Waals surface area contributed by atoms with Gasteiger partial charge in [-0.05, 0) is 77.0 Å². The van der Waals surface area contributed by atoms with Crippen LogP contribution in [0.5, 0.6) is 0 Å². The highest BCUT2D eigenvalue weighted by atomic mass is 16.3. The highest BCUT2D eigenvalue weighted by Gasteiger charge is 2.17. The average molecular weight is 628 g/mol. The SMILES string of the molecule is CCCCC/C=C\C/C=C\CCCCCCCCCCCC(=O)NC(CO)C(O)/C=C/CC/C=C/CC/C=C/CCCCCC. The number of allylic oxidation sites excluding steroid dienone is 9. The predicted octanol–water partition coefficient (Wildman–Crippen LogP) is 11.4. The Morgan fingerprint density at radius 3 is 1.47 bits per heavy atom. The molecule has 0 radical (unpaired) electrons. The molecule has 0 bridgehead atoms. The van der Waals surface area contributed by atoms with Gasteiger partial charge in [0.15, 0.2) is 0 Å². The zero-order valence-electron chi connectivity index (χ0n) is 29.6. The lowest BCUT2D eigenvalue weighted by atomic mass is 10.1. The molecule has 0 saturated carbocycles. The van der Waals surface area contributed by atoms with E-state index in [1.54, 1.807) is 6.08 Å². The van der Waals surface area contributed by atoms with E-state index in [4.69, 9.17) is 0 Å². The molecule has 0 aliphatic carbocycles. The lowest BCUT2D eigenvalue weighted by Crippen LogP contribution is -2.45. The van der Waals surface area contributed by atoms with Crippen molar-refractivity contribution in [1.29, 1.82) is 0 Å². The third-order valence-electron chi connectivity index (χ3n) is 8.20. The third-order valence-corrected chi connectivity index (χ3v) is 8.20. The van der Waals surface area contributed by atoms with Crippen LogP contribution >= 0.6 is 0 Å². The summed E-state index contributed by atoms with van der Waals surface area (Å²) >= 11 is 0. The van der Waals surface area contributed by atoms with Gasteiger partial charge in [0.2, 0.25) is 5.91 Å². The van der Waals surface area contributed by atoms with Gasteiger partial charge in [0.25, 0.3) is 0 Å². The van der Waals surface area contributed by atoms with E-state index in [0.717, 1.165) is 44.9 Å². The summed E-state index contributed by atoms with van der Waals surface area (Å²) in [4.78, 5) is 12.3. The minimum Gasteiger partial charge on any atom is -0.394 e. The quantitative estimate of drug-likeness (QED) is 0.0501. The second-order valence-electron chi connectivity index (χ2n) is 12.6. The molecule has 0 saturated heterocycles. The van der Waals surface area contributed by atoms with E-state index in [9.17, 15) is 15.0 Å². The van der Waals surface area contributed by atoms with Gasteiger partial charge in [0.05, 0.1) is 18.8 Å². The van der Waals surface area contributed by atoms with Crippen LogP contribution < -0.4 is 5.32 Å². The summed E-state index contributed by atoms with van der Waals surface area (Å²) in [5.41, 5.74) is 0. The number of hydrogen-bond donors (Lipinski definition) is 3. The molecule has 0 spiro atoms. The van der Waals surface area contributed by atoms with Crippen LogP contribution in [0.1, 0.15) is 174 Å². The molecule has 0 heterocycles. The van der Waals surface area contributed by atoms with Crippen LogP contribution in [0.4, 0.5) is 0 Å². The fourth-order valence-corrected chi connectivity index (χ4v) is 5.24. The number of aliphatic hydroxyl groups excluding tert-OH is 2. The number of nitrogens with one attached hydrogen (secondary N) is 1. The lowest BCUT2D eigenvalue weighted by molar-refractivity contribution is -0.123. The van der Waals surface area contributed by atoms with E-state index >= 15 is 0 Å². The van der Waals surface area contributed by atoms with Crippen molar-refractivity contribution in [2.75, 3.05) is 6.61 Å². The second-order valence-corrected chi connectivity index (χ2v) is 12.6. The summed E-state index contributed by atoms with van der Waals surface area (Å²) in [5, 5.41) is 22.9. The fourth-order valence-electron chi connectivity index (χ4n) is 5.24. The number of amides is 1. The zero-order chi connectivity index (χ0) is 32.9. The van der Waals surface area contributed by atoms with Gasteiger partial charge >= 0.3 is 0 Å². The number of aliphatic hydroxyl groups is 2. The van der Waals surface area contributed by atoms with E-state index in [-0.39, 0.29) is 12.5 Å². The number of hydrogen-bond acceptors (Lipinski definition) is 3. The first-order valence-electron chi connectivity index (χ1n) is 19.0. The first kappa shape index (κ1) is 43.1. The highest BCUT2D eigenvalue weighted by Crippen LogP contribution is 2.12. The Labute approximate surface area is 279 Å². The molecular formula is C41H73NO3.